The second-order valence-electron chi connectivity index (χ2n) is 13.0. The maximum absolute atomic E-state index is 17.1. The number of halogens is 1. The summed E-state index contributed by atoms with van der Waals surface area (Å²) in [5.41, 5.74) is 1.52. The standard InChI is InChI=1S/C36H42FN3O4SSi/c1-24(2)39-44-34-30(33(41)35-38-18-19-45-35)20-27(32(31(34)37)40-21-25(3)43-26(4)22-40)23-42-46(36(5,6)7,28-14-10-8-11-15-28)29-16-12-9-13-17-29/h8-20,25-26H,21-23H2,1-7H3/t25-,26-/m1/s1. The van der Waals surface area contributed by atoms with Crippen molar-refractivity contribution in [3.05, 3.63) is 100 Å². The Morgan fingerprint density at radius 1 is 1.04 bits per heavy atom. The summed E-state index contributed by atoms with van der Waals surface area (Å²) in [4.78, 5) is 25.8. The molecule has 4 aromatic rings. The summed E-state index contributed by atoms with van der Waals surface area (Å²) in [6, 6.07) is 22.3. The summed E-state index contributed by atoms with van der Waals surface area (Å²) in [5.74, 6) is -1.32. The summed E-state index contributed by atoms with van der Waals surface area (Å²) >= 11 is 1.19. The van der Waals surface area contributed by atoms with Gasteiger partial charge in [0.2, 0.25) is 11.5 Å². The van der Waals surface area contributed by atoms with Gasteiger partial charge < -0.3 is 18.9 Å². The Bertz CT molecular complexity index is 1620. The fourth-order valence-electron chi connectivity index (χ4n) is 6.28. The van der Waals surface area contributed by atoms with Gasteiger partial charge in [-0.3, -0.25) is 4.79 Å². The number of benzene rings is 3. The molecule has 0 N–H and O–H groups in total. The molecule has 1 saturated heterocycles. The molecule has 10 heteroatoms. The predicted molar refractivity (Wildman–Crippen MR) is 186 cm³/mol. The van der Waals surface area contributed by atoms with Gasteiger partial charge in [-0.1, -0.05) is 86.6 Å². The van der Waals surface area contributed by atoms with Crippen molar-refractivity contribution in [2.75, 3.05) is 18.0 Å². The van der Waals surface area contributed by atoms with E-state index in [4.69, 9.17) is 14.0 Å². The first-order valence-electron chi connectivity index (χ1n) is 15.6. The summed E-state index contributed by atoms with van der Waals surface area (Å²) in [5, 5.41) is 7.93. The van der Waals surface area contributed by atoms with Gasteiger partial charge in [0.15, 0.2) is 10.8 Å². The Kier molecular flexibility index (Phi) is 10.2. The molecule has 1 aliphatic heterocycles. The van der Waals surface area contributed by atoms with Crippen LogP contribution in [0.25, 0.3) is 0 Å². The van der Waals surface area contributed by atoms with Crippen molar-refractivity contribution in [3.8, 4) is 5.75 Å². The smallest absolute Gasteiger partial charge is 0.261 e. The van der Waals surface area contributed by atoms with Crippen LogP contribution in [0.1, 0.15) is 69.4 Å². The minimum Gasteiger partial charge on any atom is -0.403 e. The number of ketones is 1. The topological polar surface area (TPSA) is 73.2 Å². The predicted octanol–water partition coefficient (Wildman–Crippen LogP) is 6.98. The van der Waals surface area contributed by atoms with Gasteiger partial charge in [0, 0.05) is 30.2 Å². The van der Waals surface area contributed by atoms with Crippen molar-refractivity contribution in [1.82, 2.24) is 4.98 Å². The van der Waals surface area contributed by atoms with Gasteiger partial charge in [0.25, 0.3) is 8.32 Å². The van der Waals surface area contributed by atoms with E-state index in [1.807, 2.05) is 55.1 Å². The van der Waals surface area contributed by atoms with Gasteiger partial charge in [-0.15, -0.1) is 11.3 Å². The van der Waals surface area contributed by atoms with Crippen LogP contribution in [-0.2, 0) is 15.8 Å². The molecule has 242 valence electrons. The molecule has 0 amide bonds. The third-order valence-corrected chi connectivity index (χ3v) is 13.8. The van der Waals surface area contributed by atoms with E-state index in [0.29, 0.717) is 30.1 Å². The van der Waals surface area contributed by atoms with Crippen molar-refractivity contribution < 1.29 is 23.2 Å². The van der Waals surface area contributed by atoms with Crippen LogP contribution in [0, 0.1) is 5.82 Å². The zero-order valence-corrected chi connectivity index (χ0v) is 29.4. The lowest BCUT2D eigenvalue weighted by Gasteiger charge is -2.43. The minimum absolute atomic E-state index is 0.0524. The maximum atomic E-state index is 17.1. The Hall–Kier alpha value is -3.70. The summed E-state index contributed by atoms with van der Waals surface area (Å²) in [7, 11) is -3.00. The molecular formula is C36H42FN3O4SSi. The molecule has 0 spiro atoms. The third kappa shape index (κ3) is 6.85. The van der Waals surface area contributed by atoms with Crippen LogP contribution in [-0.4, -0.2) is 50.1 Å². The number of carbonyl (C=O) groups is 1. The molecule has 0 radical (unpaired) electrons. The number of thiazole rings is 1. The van der Waals surface area contributed by atoms with E-state index in [-0.39, 0.29) is 40.2 Å². The number of hydrogen-bond acceptors (Lipinski definition) is 8. The van der Waals surface area contributed by atoms with Crippen LogP contribution >= 0.6 is 11.3 Å². The van der Waals surface area contributed by atoms with Crippen LogP contribution < -0.4 is 20.1 Å². The average Bonchev–Trinajstić information content (AvgIpc) is 3.55. The number of aromatic nitrogens is 1. The zero-order valence-electron chi connectivity index (χ0n) is 27.5. The zero-order chi connectivity index (χ0) is 33.1. The van der Waals surface area contributed by atoms with Gasteiger partial charge >= 0.3 is 0 Å². The van der Waals surface area contributed by atoms with Gasteiger partial charge in [-0.25, -0.2) is 9.37 Å². The van der Waals surface area contributed by atoms with Crippen LogP contribution in [0.2, 0.25) is 5.04 Å². The Morgan fingerprint density at radius 2 is 1.63 bits per heavy atom. The van der Waals surface area contributed by atoms with Crippen molar-refractivity contribution >= 4 is 47.2 Å². The van der Waals surface area contributed by atoms with Crippen LogP contribution in [0.15, 0.2) is 83.5 Å². The van der Waals surface area contributed by atoms with E-state index in [1.165, 1.54) is 11.3 Å². The number of nitrogens with zero attached hydrogens (tertiary/aromatic N) is 3. The van der Waals surface area contributed by atoms with Crippen molar-refractivity contribution in [2.24, 2.45) is 5.16 Å². The Labute approximate surface area is 276 Å². The number of hydrogen-bond donors (Lipinski definition) is 0. The molecule has 0 unspecified atom stereocenters. The van der Waals surface area contributed by atoms with Crippen LogP contribution in [0.4, 0.5) is 10.1 Å². The molecule has 0 aliphatic carbocycles. The molecule has 1 fully saturated rings. The number of morpholine rings is 1. The Morgan fingerprint density at radius 3 is 2.13 bits per heavy atom. The van der Waals surface area contributed by atoms with E-state index in [9.17, 15) is 4.79 Å². The first-order valence-corrected chi connectivity index (χ1v) is 18.3. The van der Waals surface area contributed by atoms with Gasteiger partial charge in [-0.05, 0) is 49.2 Å². The number of rotatable bonds is 10. The summed E-state index contributed by atoms with van der Waals surface area (Å²) in [6.45, 7) is 15.0. The highest BCUT2D eigenvalue weighted by Crippen LogP contribution is 2.41. The van der Waals surface area contributed by atoms with Crippen LogP contribution in [0.3, 0.4) is 0 Å². The molecule has 1 aliphatic rings. The highest BCUT2D eigenvalue weighted by Gasteiger charge is 2.50. The number of carbonyl (C=O) groups excluding carboxylic acids is 1. The second kappa shape index (κ2) is 14.0. The van der Waals surface area contributed by atoms with Gasteiger partial charge in [0.05, 0.1) is 35.8 Å². The largest absolute Gasteiger partial charge is 0.403 e. The molecule has 46 heavy (non-hydrogen) atoms. The highest BCUT2D eigenvalue weighted by atomic mass is 32.1. The molecule has 1 aromatic heterocycles. The highest BCUT2D eigenvalue weighted by molar-refractivity contribution is 7.11. The fourth-order valence-corrected chi connectivity index (χ4v) is 11.4. The van der Waals surface area contributed by atoms with Crippen molar-refractivity contribution in [3.63, 3.8) is 0 Å². The average molecular weight is 660 g/mol. The monoisotopic (exact) mass is 659 g/mol. The lowest BCUT2D eigenvalue weighted by atomic mass is 10.0. The first kappa shape index (κ1) is 33.7. The van der Waals surface area contributed by atoms with Gasteiger partial charge in [-0.2, -0.15) is 0 Å². The number of oxime groups is 1. The molecular weight excluding hydrogens is 618 g/mol. The first-order chi connectivity index (χ1) is 21.9. The van der Waals surface area contributed by atoms with E-state index in [2.05, 4.69) is 55.2 Å². The van der Waals surface area contributed by atoms with E-state index in [1.54, 1.807) is 31.5 Å². The Balaban J connectivity index is 1.73. The molecule has 5 rings (SSSR count). The molecule has 0 bridgehead atoms. The normalized spacial score (nSPS) is 17.1. The molecule has 3 aromatic carbocycles. The third-order valence-electron chi connectivity index (χ3n) is 8.06. The van der Waals surface area contributed by atoms with E-state index < -0.39 is 19.9 Å². The minimum atomic E-state index is -3.00. The van der Waals surface area contributed by atoms with Crippen molar-refractivity contribution in [1.29, 1.82) is 0 Å². The van der Waals surface area contributed by atoms with E-state index in [0.717, 1.165) is 10.4 Å². The lowest BCUT2D eigenvalue weighted by Crippen LogP contribution is -2.66. The molecule has 2 heterocycles. The van der Waals surface area contributed by atoms with Crippen molar-refractivity contribution in [2.45, 2.75) is 72.3 Å². The molecule has 0 saturated carbocycles. The SMILES string of the molecule is CC(C)=NOc1c(C(=O)c2nccs2)cc(CO[Si](c2ccccc2)(c2ccccc2)C(C)(C)C)c(N2C[C@@H](C)O[C@H](C)C2)c1F. The quantitative estimate of drug-likeness (QED) is 0.0792. The fraction of sp³-hybridized carbons (Fsp3) is 0.361. The second-order valence-corrected chi connectivity index (χ2v) is 18.2. The molecule has 7 nitrogen and oxygen atoms in total. The maximum Gasteiger partial charge on any atom is 0.261 e. The van der Waals surface area contributed by atoms with Crippen LogP contribution in [0.5, 0.6) is 5.75 Å². The molecule has 2 atom stereocenters. The summed E-state index contributed by atoms with van der Waals surface area (Å²) < 4.78 is 30.4. The van der Waals surface area contributed by atoms with E-state index >= 15 is 4.39 Å². The lowest BCUT2D eigenvalue weighted by molar-refractivity contribution is -0.00552. The number of anilines is 1. The van der Waals surface area contributed by atoms with Gasteiger partial charge in [0.1, 0.15) is 0 Å². The number of ether oxygens (including phenoxy) is 1. The summed E-state index contributed by atoms with van der Waals surface area (Å²) in [6.07, 6.45) is 1.29.